The number of furan rings is 1. The van der Waals surface area contributed by atoms with Gasteiger partial charge in [0, 0.05) is 6.42 Å². The lowest BCUT2D eigenvalue weighted by atomic mass is 9.98. The van der Waals surface area contributed by atoms with Gasteiger partial charge >= 0.3 is 0 Å². The number of fused-ring (bicyclic) bond motifs is 2. The van der Waals surface area contributed by atoms with E-state index in [1.807, 2.05) is 6.92 Å². The number of methoxy groups -OCH3 is 2. The van der Waals surface area contributed by atoms with Crippen LogP contribution in [0.25, 0.3) is 11.0 Å². The van der Waals surface area contributed by atoms with Crippen molar-refractivity contribution in [2.75, 3.05) is 14.2 Å². The summed E-state index contributed by atoms with van der Waals surface area (Å²) in [6.45, 7) is 1.85. The summed E-state index contributed by atoms with van der Waals surface area (Å²) < 4.78 is 21.9. The van der Waals surface area contributed by atoms with E-state index in [0.29, 0.717) is 40.2 Å². The zero-order valence-corrected chi connectivity index (χ0v) is 11.0. The molecule has 5 nitrogen and oxygen atoms in total. The van der Waals surface area contributed by atoms with Crippen LogP contribution in [0.1, 0.15) is 23.7 Å². The average Bonchev–Trinajstić information content (AvgIpc) is 2.84. The molecule has 2 heterocycles. The summed E-state index contributed by atoms with van der Waals surface area (Å²) in [5, 5.41) is 0.713. The molecular formula is C14H14O5. The SMILES string of the molecule is COc1c2c(c(OC)c3occc13)O[C@H](C)CC2=O. The van der Waals surface area contributed by atoms with Gasteiger partial charge in [0.1, 0.15) is 17.4 Å². The third-order valence-electron chi connectivity index (χ3n) is 3.26. The maximum Gasteiger partial charge on any atom is 0.205 e. The van der Waals surface area contributed by atoms with E-state index in [1.54, 1.807) is 6.07 Å². The number of benzene rings is 1. The van der Waals surface area contributed by atoms with E-state index in [9.17, 15) is 4.79 Å². The Morgan fingerprint density at radius 2 is 2.00 bits per heavy atom. The molecule has 0 saturated carbocycles. The Morgan fingerprint density at radius 1 is 1.26 bits per heavy atom. The van der Waals surface area contributed by atoms with Gasteiger partial charge in [0.2, 0.25) is 5.75 Å². The second-order valence-corrected chi connectivity index (χ2v) is 4.49. The highest BCUT2D eigenvalue weighted by molar-refractivity contribution is 6.10. The normalized spacial score (nSPS) is 18.1. The number of carbonyl (C=O) groups excluding carboxylic acids is 1. The van der Waals surface area contributed by atoms with Gasteiger partial charge in [-0.3, -0.25) is 4.79 Å². The van der Waals surface area contributed by atoms with Crippen LogP contribution in [0, 0.1) is 0 Å². The van der Waals surface area contributed by atoms with Gasteiger partial charge in [0.25, 0.3) is 0 Å². The van der Waals surface area contributed by atoms with E-state index in [-0.39, 0.29) is 11.9 Å². The van der Waals surface area contributed by atoms with Crippen LogP contribution in [0.4, 0.5) is 0 Å². The zero-order valence-electron chi connectivity index (χ0n) is 11.0. The van der Waals surface area contributed by atoms with E-state index >= 15 is 0 Å². The standard InChI is InChI=1S/C14H14O5/c1-7-6-9(15)10-11(16-2)8-4-5-18-12(8)14(17-3)13(10)19-7/h4-5,7H,6H2,1-3H3/t7-/m1/s1. The van der Waals surface area contributed by atoms with Gasteiger partial charge in [-0.1, -0.05) is 0 Å². The fourth-order valence-electron chi connectivity index (χ4n) is 2.49. The Labute approximate surface area is 110 Å². The van der Waals surface area contributed by atoms with Crippen LogP contribution in [-0.4, -0.2) is 26.1 Å². The highest BCUT2D eigenvalue weighted by atomic mass is 16.5. The number of ketones is 1. The number of ether oxygens (including phenoxy) is 3. The maximum atomic E-state index is 12.3. The number of Topliss-reactive ketones (excluding diaryl/α,β-unsaturated/α-hetero) is 1. The molecule has 0 fully saturated rings. The molecule has 0 spiro atoms. The maximum absolute atomic E-state index is 12.3. The first-order valence-electron chi connectivity index (χ1n) is 6.02. The van der Waals surface area contributed by atoms with Crippen molar-refractivity contribution in [3.8, 4) is 17.2 Å². The van der Waals surface area contributed by atoms with Crippen LogP contribution in [0.2, 0.25) is 0 Å². The molecule has 5 heteroatoms. The highest BCUT2D eigenvalue weighted by Crippen LogP contribution is 2.48. The summed E-state index contributed by atoms with van der Waals surface area (Å²) in [5.74, 6) is 1.32. The molecule has 0 N–H and O–H groups in total. The molecule has 0 saturated heterocycles. The minimum atomic E-state index is -0.189. The van der Waals surface area contributed by atoms with Crippen LogP contribution >= 0.6 is 0 Å². The Hall–Kier alpha value is -2.17. The summed E-state index contributed by atoms with van der Waals surface area (Å²) >= 11 is 0. The summed E-state index contributed by atoms with van der Waals surface area (Å²) in [4.78, 5) is 12.3. The first-order valence-corrected chi connectivity index (χ1v) is 6.02. The lowest BCUT2D eigenvalue weighted by Gasteiger charge is -2.25. The molecule has 1 atom stereocenters. The van der Waals surface area contributed by atoms with E-state index < -0.39 is 0 Å². The zero-order chi connectivity index (χ0) is 13.6. The molecule has 0 unspecified atom stereocenters. The number of hydrogen-bond acceptors (Lipinski definition) is 5. The Bertz CT molecular complexity index is 655. The fourth-order valence-corrected chi connectivity index (χ4v) is 2.49. The number of carbonyl (C=O) groups is 1. The first-order chi connectivity index (χ1) is 9.17. The molecular weight excluding hydrogens is 248 g/mol. The van der Waals surface area contributed by atoms with Gasteiger partial charge in [0.05, 0.1) is 25.9 Å². The second kappa shape index (κ2) is 4.19. The van der Waals surface area contributed by atoms with Crippen molar-refractivity contribution in [2.24, 2.45) is 0 Å². The van der Waals surface area contributed by atoms with E-state index in [2.05, 4.69) is 0 Å². The van der Waals surface area contributed by atoms with Gasteiger partial charge in [-0.2, -0.15) is 0 Å². The van der Waals surface area contributed by atoms with Crippen molar-refractivity contribution >= 4 is 16.8 Å². The Kier molecular flexibility index (Phi) is 2.62. The molecule has 0 amide bonds. The van der Waals surface area contributed by atoms with Crippen LogP contribution in [0.3, 0.4) is 0 Å². The summed E-state index contributed by atoms with van der Waals surface area (Å²) in [6.07, 6.45) is 1.68. The lowest BCUT2D eigenvalue weighted by Crippen LogP contribution is -2.25. The van der Waals surface area contributed by atoms with Crippen LogP contribution in [0.5, 0.6) is 17.2 Å². The Balaban J connectivity index is 2.42. The predicted octanol–water partition coefficient (Wildman–Crippen LogP) is 2.80. The van der Waals surface area contributed by atoms with Gasteiger partial charge in [-0.25, -0.2) is 0 Å². The third-order valence-corrected chi connectivity index (χ3v) is 3.26. The highest BCUT2D eigenvalue weighted by Gasteiger charge is 2.33. The van der Waals surface area contributed by atoms with Crippen molar-refractivity contribution in [1.29, 1.82) is 0 Å². The lowest BCUT2D eigenvalue weighted by molar-refractivity contribution is 0.0860. The first kappa shape index (κ1) is 11.9. The number of hydrogen-bond donors (Lipinski definition) is 0. The van der Waals surface area contributed by atoms with Crippen molar-refractivity contribution in [1.82, 2.24) is 0 Å². The minimum Gasteiger partial charge on any atom is -0.495 e. The van der Waals surface area contributed by atoms with Gasteiger partial charge < -0.3 is 18.6 Å². The minimum absolute atomic E-state index is 0.00741. The molecule has 1 aromatic carbocycles. The molecule has 1 aromatic heterocycles. The van der Waals surface area contributed by atoms with Gasteiger partial charge in [-0.15, -0.1) is 0 Å². The Morgan fingerprint density at radius 3 is 2.68 bits per heavy atom. The molecule has 1 aliphatic heterocycles. The molecule has 100 valence electrons. The third kappa shape index (κ3) is 1.58. The van der Waals surface area contributed by atoms with Crippen LogP contribution in [0.15, 0.2) is 16.7 Å². The smallest absolute Gasteiger partial charge is 0.205 e. The molecule has 1 aliphatic rings. The van der Waals surface area contributed by atoms with Crippen molar-refractivity contribution in [2.45, 2.75) is 19.4 Å². The monoisotopic (exact) mass is 262 g/mol. The van der Waals surface area contributed by atoms with Crippen molar-refractivity contribution in [3.05, 3.63) is 17.9 Å². The topological polar surface area (TPSA) is 57.9 Å². The average molecular weight is 262 g/mol. The van der Waals surface area contributed by atoms with E-state index in [0.717, 1.165) is 0 Å². The van der Waals surface area contributed by atoms with E-state index in [1.165, 1.54) is 20.5 Å². The molecule has 2 aromatic rings. The largest absolute Gasteiger partial charge is 0.495 e. The fraction of sp³-hybridized carbons (Fsp3) is 0.357. The quantitative estimate of drug-likeness (QED) is 0.832. The van der Waals surface area contributed by atoms with Crippen LogP contribution in [-0.2, 0) is 0 Å². The van der Waals surface area contributed by atoms with Gasteiger partial charge in [0.15, 0.2) is 17.1 Å². The van der Waals surface area contributed by atoms with E-state index in [4.69, 9.17) is 18.6 Å². The molecule has 0 bridgehead atoms. The molecule has 19 heavy (non-hydrogen) atoms. The molecule has 0 radical (unpaired) electrons. The molecule has 0 aliphatic carbocycles. The van der Waals surface area contributed by atoms with Crippen molar-refractivity contribution in [3.63, 3.8) is 0 Å². The van der Waals surface area contributed by atoms with Crippen molar-refractivity contribution < 1.29 is 23.4 Å². The number of rotatable bonds is 2. The summed E-state index contributed by atoms with van der Waals surface area (Å²) in [7, 11) is 3.05. The van der Waals surface area contributed by atoms with Gasteiger partial charge in [-0.05, 0) is 13.0 Å². The summed E-state index contributed by atoms with van der Waals surface area (Å²) in [5.41, 5.74) is 0.964. The second-order valence-electron chi connectivity index (χ2n) is 4.49. The molecule has 3 rings (SSSR count). The summed E-state index contributed by atoms with van der Waals surface area (Å²) in [6, 6.07) is 1.75. The van der Waals surface area contributed by atoms with Crippen LogP contribution < -0.4 is 14.2 Å². The predicted molar refractivity (Wildman–Crippen MR) is 68.4 cm³/mol.